The predicted molar refractivity (Wildman–Crippen MR) is 83.6 cm³/mol. The zero-order chi connectivity index (χ0) is 16.1. The Labute approximate surface area is 140 Å². The van der Waals surface area contributed by atoms with E-state index in [4.69, 9.17) is 19.9 Å². The maximum atomic E-state index is 12.4. The number of alkyl halides is 1. The molecule has 0 spiro atoms. The zero-order valence-corrected chi connectivity index (χ0v) is 14.2. The summed E-state index contributed by atoms with van der Waals surface area (Å²) >= 11 is 2.20. The summed E-state index contributed by atoms with van der Waals surface area (Å²) in [6.07, 6.45) is 1.22. The minimum atomic E-state index is -0.872. The Hall–Kier alpha value is -1.04. The summed E-state index contributed by atoms with van der Waals surface area (Å²) in [7, 11) is 0. The minimum Gasteiger partial charge on any atom is -0.364 e. The Morgan fingerprint density at radius 3 is 2.77 bits per heavy atom. The van der Waals surface area contributed by atoms with Crippen molar-refractivity contribution in [1.82, 2.24) is 9.55 Å². The number of hydrogen-bond donors (Lipinski definition) is 1. The third-order valence-electron chi connectivity index (χ3n) is 3.65. The molecule has 1 aromatic rings. The molecule has 1 amide bonds. The first-order chi connectivity index (χ1) is 10.3. The van der Waals surface area contributed by atoms with Gasteiger partial charge in [0.15, 0.2) is 17.7 Å². The van der Waals surface area contributed by atoms with Crippen LogP contribution in [-0.2, 0) is 14.2 Å². The van der Waals surface area contributed by atoms with Crippen molar-refractivity contribution in [1.29, 1.82) is 0 Å². The molecular formula is C13H16IN3O5. The topological polar surface area (TPSA) is 106 Å². The Morgan fingerprint density at radius 2 is 2.14 bits per heavy atom. The number of carbonyl (C=O) groups is 1. The molecule has 0 unspecified atom stereocenters. The van der Waals surface area contributed by atoms with Crippen LogP contribution in [0.1, 0.15) is 30.6 Å². The number of aromatic nitrogens is 2. The van der Waals surface area contributed by atoms with Gasteiger partial charge in [-0.2, -0.15) is 0 Å². The number of halogens is 1. The molecular weight excluding hydrogens is 405 g/mol. The van der Waals surface area contributed by atoms with Crippen LogP contribution in [-0.4, -0.2) is 44.0 Å². The van der Waals surface area contributed by atoms with E-state index >= 15 is 0 Å². The average molecular weight is 421 g/mol. The second-order valence-corrected chi connectivity index (χ2v) is 6.52. The summed E-state index contributed by atoms with van der Waals surface area (Å²) in [6.45, 7) is 3.63. The normalized spacial score (nSPS) is 32.9. The Bertz CT molecular complexity index is 661. The molecule has 0 bridgehead atoms. The highest BCUT2D eigenvalue weighted by molar-refractivity contribution is 14.1. The van der Waals surface area contributed by atoms with Crippen LogP contribution in [0.15, 0.2) is 17.2 Å². The van der Waals surface area contributed by atoms with Gasteiger partial charge in [-0.1, -0.05) is 22.6 Å². The number of rotatable bonds is 3. The van der Waals surface area contributed by atoms with Crippen LogP contribution in [0.5, 0.6) is 0 Å². The van der Waals surface area contributed by atoms with Crippen molar-refractivity contribution in [3.8, 4) is 0 Å². The van der Waals surface area contributed by atoms with Crippen molar-refractivity contribution >= 4 is 28.5 Å². The summed E-state index contributed by atoms with van der Waals surface area (Å²) in [5, 5.41) is 0. The highest BCUT2D eigenvalue weighted by atomic mass is 127. The lowest BCUT2D eigenvalue weighted by atomic mass is 10.1. The van der Waals surface area contributed by atoms with Crippen molar-refractivity contribution in [3.63, 3.8) is 0 Å². The lowest BCUT2D eigenvalue weighted by Gasteiger charge is -2.24. The Morgan fingerprint density at radius 1 is 1.45 bits per heavy atom. The lowest BCUT2D eigenvalue weighted by molar-refractivity contribution is -0.194. The van der Waals surface area contributed by atoms with Crippen molar-refractivity contribution < 1.29 is 19.0 Å². The van der Waals surface area contributed by atoms with Crippen molar-refractivity contribution in [2.75, 3.05) is 4.43 Å². The van der Waals surface area contributed by atoms with Crippen molar-refractivity contribution in [3.05, 3.63) is 28.4 Å². The summed E-state index contributed by atoms with van der Waals surface area (Å²) in [6, 6.07) is 0. The fraction of sp³-hybridized carbons (Fsp3) is 0.615. The molecule has 9 heteroatoms. The van der Waals surface area contributed by atoms with E-state index in [1.165, 1.54) is 17.0 Å². The van der Waals surface area contributed by atoms with E-state index in [1.54, 1.807) is 0 Å². The molecule has 0 saturated carbocycles. The van der Waals surface area contributed by atoms with Crippen LogP contribution in [0.3, 0.4) is 0 Å². The number of nitrogens with two attached hydrogens (primary N) is 1. The van der Waals surface area contributed by atoms with Gasteiger partial charge in [0, 0.05) is 16.8 Å². The van der Waals surface area contributed by atoms with E-state index < -0.39 is 29.6 Å². The van der Waals surface area contributed by atoms with Gasteiger partial charge in [0.05, 0.1) is 6.10 Å². The van der Waals surface area contributed by atoms with Gasteiger partial charge in [-0.05, 0) is 13.8 Å². The first-order valence-electron chi connectivity index (χ1n) is 6.78. The van der Waals surface area contributed by atoms with Gasteiger partial charge < -0.3 is 19.9 Å². The molecule has 120 valence electrons. The molecule has 0 radical (unpaired) electrons. The number of carbonyl (C=O) groups excluding carboxylic acids is 1. The molecule has 22 heavy (non-hydrogen) atoms. The second-order valence-electron chi connectivity index (χ2n) is 5.64. The molecule has 0 aliphatic carbocycles. The van der Waals surface area contributed by atoms with E-state index in [2.05, 4.69) is 27.6 Å². The number of hydrogen-bond acceptors (Lipinski definition) is 6. The number of nitrogens with zero attached hydrogens (tertiary/aromatic N) is 2. The Kier molecular flexibility index (Phi) is 4.00. The smallest absolute Gasteiger partial charge is 0.284 e. The number of ether oxygens (including phenoxy) is 3. The van der Waals surface area contributed by atoms with Crippen molar-refractivity contribution in [2.45, 2.75) is 44.2 Å². The highest BCUT2D eigenvalue weighted by Crippen LogP contribution is 2.42. The van der Waals surface area contributed by atoms with Gasteiger partial charge in [0.1, 0.15) is 12.2 Å². The van der Waals surface area contributed by atoms with Crippen molar-refractivity contribution in [2.24, 2.45) is 5.73 Å². The molecule has 2 N–H and O–H groups in total. The fourth-order valence-corrected chi connectivity index (χ4v) is 3.51. The number of amides is 1. The predicted octanol–water partition coefficient (Wildman–Crippen LogP) is 0.195. The fourth-order valence-electron chi connectivity index (χ4n) is 2.80. The third kappa shape index (κ3) is 2.55. The van der Waals surface area contributed by atoms with Crippen LogP contribution in [0, 0.1) is 0 Å². The number of primary amides is 1. The van der Waals surface area contributed by atoms with Crippen LogP contribution < -0.4 is 11.3 Å². The van der Waals surface area contributed by atoms with E-state index in [-0.39, 0.29) is 17.9 Å². The van der Waals surface area contributed by atoms with Gasteiger partial charge in [-0.3, -0.25) is 14.2 Å². The summed E-state index contributed by atoms with van der Waals surface area (Å²) < 4.78 is 19.6. The SMILES string of the molecule is CC1(C)O[C@@H]2[C@@H](O1)[C@@H](CI)O[C@H]2n1ccnc(C(N)=O)c1=O. The van der Waals surface area contributed by atoms with Gasteiger partial charge in [-0.25, -0.2) is 4.98 Å². The van der Waals surface area contributed by atoms with Gasteiger partial charge in [-0.15, -0.1) is 0 Å². The summed E-state index contributed by atoms with van der Waals surface area (Å²) in [4.78, 5) is 27.4. The quantitative estimate of drug-likeness (QED) is 0.552. The largest absolute Gasteiger partial charge is 0.364 e. The molecule has 2 aliphatic rings. The maximum Gasteiger partial charge on any atom is 0.284 e. The first kappa shape index (κ1) is 15.8. The average Bonchev–Trinajstić information content (AvgIpc) is 2.92. The highest BCUT2D eigenvalue weighted by Gasteiger charge is 2.55. The van der Waals surface area contributed by atoms with E-state index in [0.29, 0.717) is 4.43 Å². The second kappa shape index (κ2) is 5.55. The van der Waals surface area contributed by atoms with Gasteiger partial charge in [0.2, 0.25) is 0 Å². The number of fused-ring (bicyclic) bond motifs is 1. The lowest BCUT2D eigenvalue weighted by Crippen LogP contribution is -2.37. The molecule has 2 aliphatic heterocycles. The molecule has 3 rings (SSSR count). The Balaban J connectivity index is 2.01. The molecule has 8 nitrogen and oxygen atoms in total. The third-order valence-corrected chi connectivity index (χ3v) is 4.52. The molecule has 4 atom stereocenters. The monoisotopic (exact) mass is 421 g/mol. The van der Waals surface area contributed by atoms with Crippen LogP contribution in [0.4, 0.5) is 0 Å². The summed E-state index contributed by atoms with van der Waals surface area (Å²) in [5.74, 6) is -1.62. The van der Waals surface area contributed by atoms with E-state index in [9.17, 15) is 9.59 Å². The molecule has 3 heterocycles. The van der Waals surface area contributed by atoms with Crippen LogP contribution in [0.25, 0.3) is 0 Å². The molecule has 2 fully saturated rings. The molecule has 2 saturated heterocycles. The zero-order valence-electron chi connectivity index (χ0n) is 12.1. The van der Waals surface area contributed by atoms with E-state index in [0.717, 1.165) is 0 Å². The molecule has 0 aromatic carbocycles. The molecule has 1 aromatic heterocycles. The van der Waals surface area contributed by atoms with Gasteiger partial charge >= 0.3 is 0 Å². The van der Waals surface area contributed by atoms with Crippen LogP contribution >= 0.6 is 22.6 Å². The standard InChI is InChI=1S/C13H16IN3O5/c1-13(2)21-8-6(5-14)20-12(9(8)22-13)17-4-3-16-7(10(15)18)11(17)19/h3-4,6,8-9,12H,5H2,1-2H3,(H2,15,18)/t6-,8+,9-,12-/m1/s1. The first-order valence-corrected chi connectivity index (χ1v) is 8.30. The van der Waals surface area contributed by atoms with Crippen LogP contribution in [0.2, 0.25) is 0 Å². The summed E-state index contributed by atoms with van der Waals surface area (Å²) in [5.41, 5.74) is 4.26. The maximum absolute atomic E-state index is 12.4. The van der Waals surface area contributed by atoms with Gasteiger partial charge in [0.25, 0.3) is 11.5 Å². The van der Waals surface area contributed by atoms with E-state index in [1.807, 2.05) is 13.8 Å². The minimum absolute atomic E-state index is 0.200.